The monoisotopic (exact) mass is 332 g/mol. The van der Waals surface area contributed by atoms with Crippen LogP contribution in [0.25, 0.3) is 0 Å². The predicted molar refractivity (Wildman–Crippen MR) is 88.5 cm³/mol. The van der Waals surface area contributed by atoms with Gasteiger partial charge in [0, 0.05) is 31.1 Å². The molecule has 2 amide bonds. The van der Waals surface area contributed by atoms with Crippen molar-refractivity contribution in [2.24, 2.45) is 0 Å². The van der Waals surface area contributed by atoms with E-state index in [0.717, 1.165) is 4.88 Å². The van der Waals surface area contributed by atoms with Gasteiger partial charge in [-0.05, 0) is 37.4 Å². The molecular weight excluding hydrogens is 312 g/mol. The van der Waals surface area contributed by atoms with E-state index in [-0.39, 0.29) is 11.8 Å². The number of carbonyl (C=O) groups excluding carboxylic acids is 2. The third-order valence-electron chi connectivity index (χ3n) is 4.26. The number of furan rings is 1. The number of hydrogen-bond donors (Lipinski definition) is 0. The molecule has 0 N–H and O–H groups in total. The van der Waals surface area contributed by atoms with Crippen LogP contribution in [0.15, 0.2) is 40.3 Å². The predicted octanol–water partition coefficient (Wildman–Crippen LogP) is 2.60. The standard InChI is InChI=1S/C17H20N2O3S/c1-17(2,14-6-4-12-23-14)16(21)19-9-7-18(8-10-19)15(20)13-5-3-11-22-13/h3-6,11-12H,7-10H2,1-2H3. The Labute approximate surface area is 139 Å². The van der Waals surface area contributed by atoms with Crippen LogP contribution < -0.4 is 0 Å². The van der Waals surface area contributed by atoms with Crippen LogP contribution in [0.2, 0.25) is 0 Å². The van der Waals surface area contributed by atoms with Crippen molar-refractivity contribution in [3.8, 4) is 0 Å². The highest BCUT2D eigenvalue weighted by atomic mass is 32.1. The lowest BCUT2D eigenvalue weighted by molar-refractivity contribution is -0.137. The Bertz CT molecular complexity index is 669. The Morgan fingerprint density at radius 1 is 1.09 bits per heavy atom. The van der Waals surface area contributed by atoms with Crippen molar-refractivity contribution >= 4 is 23.2 Å². The lowest BCUT2D eigenvalue weighted by Gasteiger charge is -2.38. The molecule has 0 spiro atoms. The Kier molecular flexibility index (Phi) is 4.26. The summed E-state index contributed by atoms with van der Waals surface area (Å²) in [5.41, 5.74) is -0.526. The van der Waals surface area contributed by atoms with Crippen molar-refractivity contribution in [1.82, 2.24) is 9.80 Å². The van der Waals surface area contributed by atoms with Crippen LogP contribution in [0.4, 0.5) is 0 Å². The van der Waals surface area contributed by atoms with Crippen LogP contribution in [0.5, 0.6) is 0 Å². The number of carbonyl (C=O) groups is 2. The van der Waals surface area contributed by atoms with Gasteiger partial charge in [-0.2, -0.15) is 0 Å². The summed E-state index contributed by atoms with van der Waals surface area (Å²) in [5.74, 6) is 0.355. The molecule has 6 heteroatoms. The fraction of sp³-hybridized carbons (Fsp3) is 0.412. The summed E-state index contributed by atoms with van der Waals surface area (Å²) in [6.07, 6.45) is 1.50. The summed E-state index contributed by atoms with van der Waals surface area (Å²) in [5, 5.41) is 1.99. The summed E-state index contributed by atoms with van der Waals surface area (Å²) >= 11 is 1.60. The van der Waals surface area contributed by atoms with E-state index in [0.29, 0.717) is 31.9 Å². The van der Waals surface area contributed by atoms with Gasteiger partial charge in [0.1, 0.15) is 0 Å². The third kappa shape index (κ3) is 3.03. The molecule has 3 heterocycles. The summed E-state index contributed by atoms with van der Waals surface area (Å²) in [6.45, 7) is 6.10. The fourth-order valence-electron chi connectivity index (χ4n) is 2.80. The average molecular weight is 332 g/mol. The smallest absolute Gasteiger partial charge is 0.289 e. The number of nitrogens with zero attached hydrogens (tertiary/aromatic N) is 2. The van der Waals surface area contributed by atoms with Gasteiger partial charge in [-0.15, -0.1) is 11.3 Å². The van der Waals surface area contributed by atoms with E-state index in [1.54, 1.807) is 28.4 Å². The maximum absolute atomic E-state index is 12.8. The fourth-order valence-corrected chi connectivity index (χ4v) is 3.65. The first-order chi connectivity index (χ1) is 11.0. The molecule has 2 aromatic heterocycles. The second-order valence-corrected chi connectivity index (χ2v) is 7.11. The van der Waals surface area contributed by atoms with Crippen molar-refractivity contribution in [3.05, 3.63) is 46.5 Å². The second kappa shape index (κ2) is 6.20. The summed E-state index contributed by atoms with van der Waals surface area (Å²) in [7, 11) is 0. The van der Waals surface area contributed by atoms with E-state index in [1.807, 2.05) is 36.3 Å². The highest BCUT2D eigenvalue weighted by Gasteiger charge is 2.36. The Morgan fingerprint density at radius 3 is 2.35 bits per heavy atom. The van der Waals surface area contributed by atoms with Gasteiger partial charge < -0.3 is 14.2 Å². The minimum atomic E-state index is -0.526. The quantitative estimate of drug-likeness (QED) is 0.868. The molecule has 0 atom stereocenters. The maximum Gasteiger partial charge on any atom is 0.289 e. The zero-order chi connectivity index (χ0) is 16.4. The first kappa shape index (κ1) is 15.8. The van der Waals surface area contributed by atoms with Gasteiger partial charge in [0.15, 0.2) is 5.76 Å². The van der Waals surface area contributed by atoms with E-state index in [2.05, 4.69) is 0 Å². The lowest BCUT2D eigenvalue weighted by atomic mass is 9.89. The lowest BCUT2D eigenvalue weighted by Crippen LogP contribution is -2.54. The molecule has 1 aliphatic rings. The van der Waals surface area contributed by atoms with Gasteiger partial charge in [-0.3, -0.25) is 9.59 Å². The minimum absolute atomic E-state index is 0.111. The highest BCUT2D eigenvalue weighted by molar-refractivity contribution is 7.10. The number of rotatable bonds is 3. The van der Waals surface area contributed by atoms with Gasteiger partial charge in [0.25, 0.3) is 5.91 Å². The molecular formula is C17H20N2O3S. The van der Waals surface area contributed by atoms with E-state index in [1.165, 1.54) is 6.26 Å². The molecule has 1 fully saturated rings. The van der Waals surface area contributed by atoms with Crippen molar-refractivity contribution in [3.63, 3.8) is 0 Å². The van der Waals surface area contributed by atoms with E-state index >= 15 is 0 Å². The van der Waals surface area contributed by atoms with Crippen LogP contribution in [0, 0.1) is 0 Å². The maximum atomic E-state index is 12.8. The SMILES string of the molecule is CC(C)(C(=O)N1CCN(C(=O)c2ccco2)CC1)c1cccs1. The van der Waals surface area contributed by atoms with Crippen molar-refractivity contribution in [1.29, 1.82) is 0 Å². The summed E-state index contributed by atoms with van der Waals surface area (Å²) in [4.78, 5) is 29.7. The van der Waals surface area contributed by atoms with Gasteiger partial charge in [0.05, 0.1) is 11.7 Å². The van der Waals surface area contributed by atoms with Gasteiger partial charge >= 0.3 is 0 Å². The molecule has 2 aromatic rings. The zero-order valence-corrected chi connectivity index (χ0v) is 14.1. The average Bonchev–Trinajstić information content (AvgIpc) is 3.26. The van der Waals surface area contributed by atoms with Crippen LogP contribution in [0.1, 0.15) is 29.3 Å². The number of hydrogen-bond acceptors (Lipinski definition) is 4. The normalized spacial score (nSPS) is 15.7. The van der Waals surface area contributed by atoms with Crippen molar-refractivity contribution < 1.29 is 14.0 Å². The topological polar surface area (TPSA) is 53.8 Å². The molecule has 0 aromatic carbocycles. The van der Waals surface area contributed by atoms with Crippen LogP contribution >= 0.6 is 11.3 Å². The molecule has 122 valence electrons. The van der Waals surface area contributed by atoms with E-state index in [4.69, 9.17) is 4.42 Å². The molecule has 0 radical (unpaired) electrons. The van der Waals surface area contributed by atoms with Crippen molar-refractivity contribution in [2.45, 2.75) is 19.3 Å². The van der Waals surface area contributed by atoms with Gasteiger partial charge in [-0.1, -0.05) is 6.07 Å². The molecule has 0 saturated carbocycles. The van der Waals surface area contributed by atoms with Crippen LogP contribution in [0.3, 0.4) is 0 Å². The van der Waals surface area contributed by atoms with Gasteiger partial charge in [-0.25, -0.2) is 0 Å². The molecule has 23 heavy (non-hydrogen) atoms. The molecule has 0 bridgehead atoms. The second-order valence-electron chi connectivity index (χ2n) is 6.16. The number of thiophene rings is 1. The number of amides is 2. The Morgan fingerprint density at radius 2 is 1.78 bits per heavy atom. The summed E-state index contributed by atoms with van der Waals surface area (Å²) < 4.78 is 5.16. The largest absolute Gasteiger partial charge is 0.459 e. The number of piperazine rings is 1. The third-order valence-corrected chi connectivity index (χ3v) is 5.45. The first-order valence-corrected chi connectivity index (χ1v) is 8.54. The molecule has 0 aliphatic carbocycles. The molecule has 5 nitrogen and oxygen atoms in total. The summed E-state index contributed by atoms with van der Waals surface area (Å²) in [6, 6.07) is 7.34. The first-order valence-electron chi connectivity index (χ1n) is 7.66. The van der Waals surface area contributed by atoms with Crippen LogP contribution in [-0.2, 0) is 10.2 Å². The van der Waals surface area contributed by atoms with Crippen LogP contribution in [-0.4, -0.2) is 47.8 Å². The van der Waals surface area contributed by atoms with Gasteiger partial charge in [0.2, 0.25) is 5.91 Å². The van der Waals surface area contributed by atoms with E-state index < -0.39 is 5.41 Å². The highest BCUT2D eigenvalue weighted by Crippen LogP contribution is 2.30. The molecule has 3 rings (SSSR count). The zero-order valence-electron chi connectivity index (χ0n) is 13.3. The molecule has 1 aliphatic heterocycles. The van der Waals surface area contributed by atoms with Crippen molar-refractivity contribution in [2.75, 3.05) is 26.2 Å². The molecule has 1 saturated heterocycles. The minimum Gasteiger partial charge on any atom is -0.459 e. The molecule has 0 unspecified atom stereocenters. The van der Waals surface area contributed by atoms with E-state index in [9.17, 15) is 9.59 Å². The Hall–Kier alpha value is -2.08. The Balaban J connectivity index is 1.63.